The van der Waals surface area contributed by atoms with Gasteiger partial charge >= 0.3 is 11.9 Å². The monoisotopic (exact) mass is 1460 g/mol. The molecule has 0 unspecified atom stereocenters. The molecule has 0 aromatic carbocycles. The molecule has 0 bridgehead atoms. The molecule has 0 aliphatic carbocycles. The summed E-state index contributed by atoms with van der Waals surface area (Å²) in [5.41, 5.74) is 28.1. The molecule has 1 saturated heterocycles. The van der Waals surface area contributed by atoms with E-state index < -0.39 is 205 Å². The van der Waals surface area contributed by atoms with Crippen molar-refractivity contribution in [1.82, 2.24) is 69.1 Å². The Hall–Kier alpha value is -9.78. The molecule has 0 saturated carbocycles. The molecule has 0 spiro atoms. The fourth-order valence-electron chi connectivity index (χ4n) is 10.6. The summed E-state index contributed by atoms with van der Waals surface area (Å²) in [4.78, 5) is 233. The average molecular weight is 1460 g/mol. The number of primary amides is 2. The lowest BCUT2D eigenvalue weighted by atomic mass is 9.94. The van der Waals surface area contributed by atoms with E-state index >= 15 is 0 Å². The van der Waals surface area contributed by atoms with Gasteiger partial charge in [-0.1, -0.05) is 74.1 Å². The van der Waals surface area contributed by atoms with Gasteiger partial charge in [0.2, 0.25) is 88.6 Å². The lowest BCUT2D eigenvalue weighted by molar-refractivity contribution is -0.141. The van der Waals surface area contributed by atoms with Crippen LogP contribution in [0.2, 0.25) is 0 Å². The summed E-state index contributed by atoms with van der Waals surface area (Å²) in [5.74, 6) is -18.6. The predicted octanol–water partition coefficient (Wildman–Crippen LogP) is -4.86. The molecule has 0 aromatic heterocycles. The number of carboxylic acids is 2. The highest BCUT2D eigenvalue weighted by Crippen LogP contribution is 2.16. The first-order chi connectivity index (χ1) is 48.4. The number of carboxylic acid groups (broad SMARTS) is 2. The highest BCUT2D eigenvalue weighted by atomic mass is 16.4. The maximum absolute atomic E-state index is 14.6. The molecule has 0 aromatic rings. The number of hydrogen-bond acceptors (Lipinski definition) is 19. The van der Waals surface area contributed by atoms with Crippen LogP contribution in [0.3, 0.4) is 0 Å². The van der Waals surface area contributed by atoms with Gasteiger partial charge in [0.1, 0.15) is 72.5 Å². The summed E-state index contributed by atoms with van der Waals surface area (Å²) in [6.45, 7) is 14.5. The standard InChI is InChI=1S/C65H113N19O19/c1-10-13-19-38(56(95)79-43(24-26-49(88)89)60(99)84-52(35(7)12-3)64(103)83-51(53(68)92)34(6)11-2)76-61(100)44(30-33(4)5)81-58(97)39(20-14-16-27-66)75-57(96)41(22-18-29-72-65(69)70)78-62(101)45(31-47(67)86)82-59(98)40-21-15-17-28-71-48(87)25-23-42(74-37(9)85)55(94)73-36(8)54(93)80-46(32-50(90)91)63(102)77-40/h33-36,38-46,51-52H,10-32,66H2,1-9H3,(H2,67,86)(H2,68,92)(H,71,87)(H,73,94)(H,74,85)(H,75,96)(H,76,100)(H,77,102)(H,78,101)(H,79,95)(H,80,93)(H,81,97)(H,82,98)(H,83,103)(H,84,99)(H,88,89)(H,90,91)(H4,69,70,72)/t34-,35-,36-,38-,39-,40-,41-,42-,43-,44-,45-,46-,51-,52-/m0/s1. The minimum atomic E-state index is -1.92. The van der Waals surface area contributed by atoms with Crippen molar-refractivity contribution < 1.29 is 91.7 Å². The second-order valence-electron chi connectivity index (χ2n) is 26.2. The topological polar surface area (TPSA) is 629 Å². The van der Waals surface area contributed by atoms with Gasteiger partial charge in [0.15, 0.2) is 5.96 Å². The molecule has 582 valence electrons. The molecule has 1 rings (SSSR count). The van der Waals surface area contributed by atoms with E-state index in [1.807, 2.05) is 0 Å². The zero-order chi connectivity index (χ0) is 78.2. The van der Waals surface area contributed by atoms with Crippen molar-refractivity contribution in [2.75, 3.05) is 19.6 Å². The SMILES string of the molecule is CCCC[C@H](NC(=O)[C@H](CC(C)C)NC(=O)[C@H](CCCCN)NC(=O)[C@H](CCCN=C(N)N)NC(=O)[C@H](CC(N)=O)NC(=O)[C@@H]1CCCCNC(=O)CC[C@H](NC(C)=O)C(=O)N[C@@H](C)C(=O)N[C@@H](CC(=O)O)C(=O)N1)C(=O)N[C@@H](CCC(=O)O)C(=O)N[C@H](C(=O)N[C@H](C(N)=O)[C@@H](C)CC)[C@@H](C)CC. The lowest BCUT2D eigenvalue weighted by Crippen LogP contribution is -2.61. The van der Waals surface area contributed by atoms with Gasteiger partial charge in [0.25, 0.3) is 0 Å². The molecule has 1 aliphatic heterocycles. The molecule has 14 atom stereocenters. The van der Waals surface area contributed by atoms with Crippen molar-refractivity contribution in [3.05, 3.63) is 0 Å². The Bertz CT molecular complexity index is 2950. The van der Waals surface area contributed by atoms with Crippen LogP contribution in [0, 0.1) is 17.8 Å². The third-order valence-corrected chi connectivity index (χ3v) is 16.9. The van der Waals surface area contributed by atoms with Crippen LogP contribution in [0.1, 0.15) is 191 Å². The third kappa shape index (κ3) is 36.1. The fraction of sp³-hybridized carbons (Fsp3) is 0.723. The van der Waals surface area contributed by atoms with Crippen molar-refractivity contribution >= 4 is 107 Å². The normalized spacial score (nSPS) is 19.1. The van der Waals surface area contributed by atoms with Crippen molar-refractivity contribution in [1.29, 1.82) is 0 Å². The number of hydrogen-bond donors (Lipinski definition) is 20. The summed E-state index contributed by atoms with van der Waals surface area (Å²) in [6, 6.07) is -18.1. The molecular formula is C65H113N19O19. The van der Waals surface area contributed by atoms with Gasteiger partial charge in [-0.3, -0.25) is 86.5 Å². The van der Waals surface area contributed by atoms with Gasteiger partial charge < -0.3 is 108 Å². The Morgan fingerprint density at radius 3 is 1.58 bits per heavy atom. The molecule has 38 nitrogen and oxygen atoms in total. The number of aliphatic carboxylic acids is 2. The number of aliphatic imine (C=N–C) groups is 1. The molecule has 103 heavy (non-hydrogen) atoms. The van der Waals surface area contributed by atoms with Crippen LogP contribution in [0.4, 0.5) is 0 Å². The largest absolute Gasteiger partial charge is 0.481 e. The van der Waals surface area contributed by atoms with Gasteiger partial charge in [0.05, 0.1) is 12.8 Å². The van der Waals surface area contributed by atoms with E-state index in [1.165, 1.54) is 6.92 Å². The highest BCUT2D eigenvalue weighted by molar-refractivity contribution is 6.01. The van der Waals surface area contributed by atoms with Crippen LogP contribution < -0.4 is 97.8 Å². The Balaban J connectivity index is 3.79. The van der Waals surface area contributed by atoms with Crippen LogP contribution in [0.5, 0.6) is 0 Å². The quantitative estimate of drug-likeness (QED) is 0.0155. The van der Waals surface area contributed by atoms with E-state index in [-0.39, 0.29) is 108 Å². The highest BCUT2D eigenvalue weighted by Gasteiger charge is 2.39. The van der Waals surface area contributed by atoms with Gasteiger partial charge in [-0.25, -0.2) is 0 Å². The first kappa shape index (κ1) is 91.2. The summed E-state index contributed by atoms with van der Waals surface area (Å²) in [7, 11) is 0. The number of carbonyl (C=O) groups excluding carboxylic acids is 15. The van der Waals surface area contributed by atoms with Crippen molar-refractivity contribution in [3.8, 4) is 0 Å². The molecule has 15 amide bonds. The Morgan fingerprint density at radius 2 is 1.08 bits per heavy atom. The summed E-state index contributed by atoms with van der Waals surface area (Å²) >= 11 is 0. The predicted molar refractivity (Wildman–Crippen MR) is 373 cm³/mol. The van der Waals surface area contributed by atoms with Gasteiger partial charge in [-0.15, -0.1) is 0 Å². The summed E-state index contributed by atoms with van der Waals surface area (Å²) < 4.78 is 0. The second kappa shape index (κ2) is 48.2. The smallest absolute Gasteiger partial charge is 0.305 e. The van der Waals surface area contributed by atoms with E-state index in [4.69, 9.17) is 28.7 Å². The molecule has 1 fully saturated rings. The number of nitrogens with zero attached hydrogens (tertiary/aromatic N) is 1. The average Bonchev–Trinajstić information content (AvgIpc) is 0.851. The minimum absolute atomic E-state index is 0.00583. The maximum Gasteiger partial charge on any atom is 0.305 e. The molecule has 1 aliphatic rings. The van der Waals surface area contributed by atoms with Crippen LogP contribution in [-0.4, -0.2) is 209 Å². The number of guanidine groups is 1. The van der Waals surface area contributed by atoms with E-state index in [0.29, 0.717) is 32.1 Å². The third-order valence-electron chi connectivity index (χ3n) is 16.9. The zero-order valence-corrected chi connectivity index (χ0v) is 60.6. The number of unbranched alkanes of at least 4 members (excludes halogenated alkanes) is 2. The van der Waals surface area contributed by atoms with Gasteiger partial charge in [0, 0.05) is 32.9 Å². The number of amides is 15. The van der Waals surface area contributed by atoms with Crippen molar-refractivity contribution in [3.63, 3.8) is 0 Å². The van der Waals surface area contributed by atoms with Gasteiger partial charge in [-0.2, -0.15) is 0 Å². The number of nitrogens with one attached hydrogen (secondary N) is 13. The van der Waals surface area contributed by atoms with E-state index in [2.05, 4.69) is 74.1 Å². The molecule has 0 radical (unpaired) electrons. The first-order valence-electron chi connectivity index (χ1n) is 35.0. The van der Waals surface area contributed by atoms with Crippen LogP contribution in [-0.2, 0) is 81.5 Å². The second-order valence-corrected chi connectivity index (χ2v) is 26.2. The Labute approximate surface area is 599 Å². The van der Waals surface area contributed by atoms with E-state index in [9.17, 15) is 91.7 Å². The summed E-state index contributed by atoms with van der Waals surface area (Å²) in [5, 5.41) is 52.0. The fourth-order valence-corrected chi connectivity index (χ4v) is 10.6. The number of nitrogens with two attached hydrogens (primary N) is 5. The molecular weight excluding hydrogens is 1350 g/mol. The first-order valence-corrected chi connectivity index (χ1v) is 35.0. The van der Waals surface area contributed by atoms with E-state index in [1.54, 1.807) is 48.5 Å². The lowest BCUT2D eigenvalue weighted by Gasteiger charge is -2.30. The number of rotatable bonds is 42. The molecule has 38 heteroatoms. The molecule has 1 heterocycles. The van der Waals surface area contributed by atoms with E-state index in [0.717, 1.165) is 6.92 Å². The van der Waals surface area contributed by atoms with Crippen molar-refractivity contribution in [2.24, 2.45) is 51.4 Å². The van der Waals surface area contributed by atoms with Crippen LogP contribution in [0.15, 0.2) is 4.99 Å². The molecule has 25 N–H and O–H groups in total. The Morgan fingerprint density at radius 1 is 0.563 bits per heavy atom. The van der Waals surface area contributed by atoms with Crippen LogP contribution >= 0.6 is 0 Å². The van der Waals surface area contributed by atoms with Gasteiger partial charge in [-0.05, 0) is 108 Å². The Kier molecular flexibility index (Phi) is 42.7. The van der Waals surface area contributed by atoms with Crippen molar-refractivity contribution in [2.45, 2.75) is 263 Å². The minimum Gasteiger partial charge on any atom is -0.481 e. The van der Waals surface area contributed by atoms with Crippen LogP contribution in [0.25, 0.3) is 0 Å². The summed E-state index contributed by atoms with van der Waals surface area (Å²) in [6.07, 6.45) is -1.91. The number of carbonyl (C=O) groups is 17. The maximum atomic E-state index is 14.6. The zero-order valence-electron chi connectivity index (χ0n) is 60.6.